The number of carbonyl (C=O) groups excluding carboxylic acids is 1. The first-order chi connectivity index (χ1) is 11.0. The molecule has 0 radical (unpaired) electrons. The largest absolute Gasteiger partial charge is 0.484 e. The third-order valence-corrected chi connectivity index (χ3v) is 3.66. The molecule has 1 aliphatic heterocycles. The third kappa shape index (κ3) is 3.56. The Morgan fingerprint density at radius 3 is 2.65 bits per heavy atom. The summed E-state index contributed by atoms with van der Waals surface area (Å²) in [5.41, 5.74) is 0.396. The van der Waals surface area contributed by atoms with Gasteiger partial charge in [-0.15, -0.1) is 0 Å². The molecule has 0 unspecified atom stereocenters. The number of ether oxygens (including phenoxy) is 3. The summed E-state index contributed by atoms with van der Waals surface area (Å²) in [6.07, 6.45) is 0. The van der Waals surface area contributed by atoms with Crippen molar-refractivity contribution in [2.75, 3.05) is 13.4 Å². The SMILES string of the molecule is CC(C)(NC(=O)COc1ccccc1)c1ccc2c(c1)OCO2. The lowest BCUT2D eigenvalue weighted by molar-refractivity contribution is -0.124. The van der Waals surface area contributed by atoms with Crippen molar-refractivity contribution in [1.29, 1.82) is 0 Å². The fourth-order valence-electron chi connectivity index (χ4n) is 2.41. The van der Waals surface area contributed by atoms with Gasteiger partial charge in [0.05, 0.1) is 5.54 Å². The van der Waals surface area contributed by atoms with E-state index in [9.17, 15) is 4.79 Å². The molecule has 120 valence electrons. The van der Waals surface area contributed by atoms with Gasteiger partial charge in [-0.25, -0.2) is 0 Å². The Hall–Kier alpha value is -2.69. The van der Waals surface area contributed by atoms with E-state index in [1.165, 1.54) is 0 Å². The molecule has 0 bridgehead atoms. The van der Waals surface area contributed by atoms with Crippen LogP contribution in [0.4, 0.5) is 0 Å². The average molecular weight is 313 g/mol. The van der Waals surface area contributed by atoms with Crippen molar-refractivity contribution in [3.8, 4) is 17.2 Å². The Morgan fingerprint density at radius 2 is 1.87 bits per heavy atom. The molecule has 0 saturated carbocycles. The summed E-state index contributed by atoms with van der Waals surface area (Å²) in [7, 11) is 0. The Kier molecular flexibility index (Phi) is 4.10. The number of hydrogen-bond acceptors (Lipinski definition) is 4. The molecule has 0 fully saturated rings. The summed E-state index contributed by atoms with van der Waals surface area (Å²) in [5, 5.41) is 2.97. The Labute approximate surface area is 135 Å². The lowest BCUT2D eigenvalue weighted by Gasteiger charge is -2.27. The smallest absolute Gasteiger partial charge is 0.258 e. The lowest BCUT2D eigenvalue weighted by Crippen LogP contribution is -2.43. The number of hydrogen-bond donors (Lipinski definition) is 1. The van der Waals surface area contributed by atoms with Crippen molar-refractivity contribution < 1.29 is 19.0 Å². The first-order valence-electron chi connectivity index (χ1n) is 7.43. The zero-order valence-electron chi connectivity index (χ0n) is 13.2. The Balaban J connectivity index is 1.62. The first-order valence-corrected chi connectivity index (χ1v) is 7.43. The summed E-state index contributed by atoms with van der Waals surface area (Å²) >= 11 is 0. The van der Waals surface area contributed by atoms with Crippen molar-refractivity contribution in [3.63, 3.8) is 0 Å². The summed E-state index contributed by atoms with van der Waals surface area (Å²) in [5.74, 6) is 1.91. The predicted octanol–water partition coefficient (Wildman–Crippen LogP) is 2.85. The van der Waals surface area contributed by atoms with Crippen LogP contribution in [0.15, 0.2) is 48.5 Å². The maximum Gasteiger partial charge on any atom is 0.258 e. The highest BCUT2D eigenvalue weighted by molar-refractivity contribution is 5.78. The normalized spacial score (nSPS) is 12.8. The van der Waals surface area contributed by atoms with Crippen molar-refractivity contribution in [3.05, 3.63) is 54.1 Å². The molecule has 2 aromatic carbocycles. The third-order valence-electron chi connectivity index (χ3n) is 3.66. The second-order valence-electron chi connectivity index (χ2n) is 5.84. The number of fused-ring (bicyclic) bond motifs is 1. The summed E-state index contributed by atoms with van der Waals surface area (Å²) in [4.78, 5) is 12.1. The van der Waals surface area contributed by atoms with E-state index < -0.39 is 5.54 Å². The van der Waals surface area contributed by atoms with Crippen LogP contribution in [0.25, 0.3) is 0 Å². The van der Waals surface area contributed by atoms with Gasteiger partial charge in [-0.1, -0.05) is 24.3 Å². The first kappa shape index (κ1) is 15.2. The standard InChI is InChI=1S/C18H19NO4/c1-18(2,13-8-9-15-16(10-13)23-12-22-15)19-17(20)11-21-14-6-4-3-5-7-14/h3-10H,11-12H2,1-2H3,(H,19,20). The van der Waals surface area contributed by atoms with Crippen molar-refractivity contribution in [1.82, 2.24) is 5.32 Å². The summed E-state index contributed by atoms with van der Waals surface area (Å²) in [6.45, 7) is 4.07. The van der Waals surface area contributed by atoms with E-state index in [1.807, 2.05) is 62.4 Å². The number of para-hydroxylation sites is 1. The molecule has 5 nitrogen and oxygen atoms in total. The fraction of sp³-hybridized carbons (Fsp3) is 0.278. The van der Waals surface area contributed by atoms with E-state index in [2.05, 4.69) is 5.32 Å². The molecule has 1 heterocycles. The van der Waals surface area contributed by atoms with Crippen LogP contribution >= 0.6 is 0 Å². The molecule has 23 heavy (non-hydrogen) atoms. The molecular weight excluding hydrogens is 294 g/mol. The van der Waals surface area contributed by atoms with Gasteiger partial charge in [-0.3, -0.25) is 4.79 Å². The minimum atomic E-state index is -0.544. The number of rotatable bonds is 5. The number of benzene rings is 2. The van der Waals surface area contributed by atoms with Gasteiger partial charge in [-0.05, 0) is 43.7 Å². The second-order valence-corrected chi connectivity index (χ2v) is 5.84. The molecule has 1 aliphatic rings. The monoisotopic (exact) mass is 313 g/mol. The topological polar surface area (TPSA) is 56.8 Å². The molecule has 0 aromatic heterocycles. The summed E-state index contributed by atoms with van der Waals surface area (Å²) in [6, 6.07) is 14.9. The lowest BCUT2D eigenvalue weighted by atomic mass is 9.94. The maximum absolute atomic E-state index is 12.1. The number of nitrogens with one attached hydrogen (secondary N) is 1. The zero-order chi connectivity index (χ0) is 16.3. The molecule has 0 saturated heterocycles. The summed E-state index contributed by atoms with van der Waals surface area (Å²) < 4.78 is 16.2. The van der Waals surface area contributed by atoms with Gasteiger partial charge < -0.3 is 19.5 Å². The van der Waals surface area contributed by atoms with Gasteiger partial charge >= 0.3 is 0 Å². The highest BCUT2D eigenvalue weighted by Crippen LogP contribution is 2.35. The van der Waals surface area contributed by atoms with Gasteiger partial charge in [0.1, 0.15) is 5.75 Å². The van der Waals surface area contributed by atoms with E-state index in [1.54, 1.807) is 0 Å². The molecule has 0 aliphatic carbocycles. The van der Waals surface area contributed by atoms with Crippen molar-refractivity contribution in [2.24, 2.45) is 0 Å². The van der Waals surface area contributed by atoms with E-state index in [0.29, 0.717) is 11.5 Å². The second kappa shape index (κ2) is 6.20. The molecule has 1 amide bonds. The Bertz CT molecular complexity index is 697. The molecule has 2 aromatic rings. The van der Waals surface area contributed by atoms with Crippen LogP contribution in [-0.4, -0.2) is 19.3 Å². The van der Waals surface area contributed by atoms with E-state index in [-0.39, 0.29) is 19.3 Å². The molecule has 5 heteroatoms. The molecular formula is C18H19NO4. The van der Waals surface area contributed by atoms with E-state index in [0.717, 1.165) is 11.3 Å². The number of carbonyl (C=O) groups is 1. The van der Waals surface area contributed by atoms with Crippen LogP contribution in [0.3, 0.4) is 0 Å². The minimum Gasteiger partial charge on any atom is -0.484 e. The predicted molar refractivity (Wildman–Crippen MR) is 85.7 cm³/mol. The van der Waals surface area contributed by atoms with Crippen LogP contribution in [0.2, 0.25) is 0 Å². The van der Waals surface area contributed by atoms with Gasteiger partial charge in [0.25, 0.3) is 5.91 Å². The minimum absolute atomic E-state index is 0.0298. The van der Waals surface area contributed by atoms with Gasteiger partial charge in [0.2, 0.25) is 6.79 Å². The molecule has 3 rings (SSSR count). The fourth-order valence-corrected chi connectivity index (χ4v) is 2.41. The quantitative estimate of drug-likeness (QED) is 0.922. The van der Waals surface area contributed by atoms with Gasteiger partial charge in [0.15, 0.2) is 18.1 Å². The van der Waals surface area contributed by atoms with Crippen molar-refractivity contribution >= 4 is 5.91 Å². The molecule has 0 spiro atoms. The Morgan fingerprint density at radius 1 is 1.13 bits per heavy atom. The molecule has 0 atom stereocenters. The van der Waals surface area contributed by atoms with E-state index in [4.69, 9.17) is 14.2 Å². The maximum atomic E-state index is 12.1. The van der Waals surface area contributed by atoms with Gasteiger partial charge in [0, 0.05) is 0 Å². The number of amides is 1. The van der Waals surface area contributed by atoms with Crippen LogP contribution in [0.5, 0.6) is 17.2 Å². The van der Waals surface area contributed by atoms with Crippen LogP contribution in [0, 0.1) is 0 Å². The van der Waals surface area contributed by atoms with Crippen LogP contribution < -0.4 is 19.5 Å². The van der Waals surface area contributed by atoms with E-state index >= 15 is 0 Å². The molecule has 1 N–H and O–H groups in total. The van der Waals surface area contributed by atoms with Gasteiger partial charge in [-0.2, -0.15) is 0 Å². The average Bonchev–Trinajstić information content (AvgIpc) is 3.01. The highest BCUT2D eigenvalue weighted by atomic mass is 16.7. The van der Waals surface area contributed by atoms with Crippen LogP contribution in [-0.2, 0) is 10.3 Å². The zero-order valence-corrected chi connectivity index (χ0v) is 13.2. The van der Waals surface area contributed by atoms with Crippen molar-refractivity contribution in [2.45, 2.75) is 19.4 Å². The highest BCUT2D eigenvalue weighted by Gasteiger charge is 2.25. The van der Waals surface area contributed by atoms with Crippen LogP contribution in [0.1, 0.15) is 19.4 Å².